The Balaban J connectivity index is 3.24. The lowest BCUT2D eigenvalue weighted by Gasteiger charge is -2.04. The topological polar surface area (TPSA) is 59.4 Å². The van der Waals surface area contributed by atoms with E-state index in [0.717, 1.165) is 6.20 Å². The van der Waals surface area contributed by atoms with Crippen molar-refractivity contribution in [2.24, 2.45) is 0 Å². The van der Waals surface area contributed by atoms with Gasteiger partial charge in [-0.1, -0.05) is 0 Å². The summed E-state index contributed by atoms with van der Waals surface area (Å²) in [6.45, 7) is 0. The number of carbonyl (C=O) groups is 1. The highest BCUT2D eigenvalue weighted by atomic mass is 79.9. The highest BCUT2D eigenvalue weighted by Crippen LogP contribution is 2.24. The summed E-state index contributed by atoms with van der Waals surface area (Å²) >= 11 is 2.78. The number of aromatic nitrogens is 1. The average Bonchev–Trinajstić information content (AvgIpc) is 2.07. The number of methoxy groups -OCH3 is 1. The summed E-state index contributed by atoms with van der Waals surface area (Å²) in [5, 5.41) is 8.68. The first-order valence-corrected chi connectivity index (χ1v) is 3.78. The van der Waals surface area contributed by atoms with Crippen molar-refractivity contribution in [1.29, 1.82) is 0 Å². The van der Waals surface area contributed by atoms with E-state index < -0.39 is 30.3 Å². The third-order valence-electron chi connectivity index (χ3n) is 1.25. The second-order valence-electron chi connectivity index (χ2n) is 2.01. The molecule has 0 aliphatic rings. The van der Waals surface area contributed by atoms with Gasteiger partial charge in [0.25, 0.3) is 5.88 Å². The molecular weight excluding hydrogens is 245 g/mol. The quantitative estimate of drug-likeness (QED) is 0.871. The molecule has 0 saturated heterocycles. The SMILES string of the molecule is [2H]C([2H])([2H])Oc1ncc(Br)c(C(=O)O)c1F. The van der Waals surface area contributed by atoms with E-state index in [-0.39, 0.29) is 4.47 Å². The molecule has 13 heavy (non-hydrogen) atoms. The molecule has 0 saturated carbocycles. The molecule has 0 aliphatic carbocycles. The van der Waals surface area contributed by atoms with Gasteiger partial charge in [0.1, 0.15) is 5.56 Å². The van der Waals surface area contributed by atoms with E-state index in [0.29, 0.717) is 0 Å². The molecule has 0 fully saturated rings. The average molecular weight is 253 g/mol. The van der Waals surface area contributed by atoms with Gasteiger partial charge in [-0.25, -0.2) is 14.2 Å². The smallest absolute Gasteiger partial charge is 0.340 e. The zero-order valence-corrected chi connectivity index (χ0v) is 7.63. The maximum atomic E-state index is 13.5. The van der Waals surface area contributed by atoms with Crippen molar-refractivity contribution in [3.63, 3.8) is 0 Å². The van der Waals surface area contributed by atoms with Crippen LogP contribution in [0.4, 0.5) is 4.39 Å². The standard InChI is InChI=1S/C7H5BrFNO3/c1-13-6-5(9)4(7(11)12)3(8)2-10-6/h2H,1H3,(H,11,12)/i1D3. The molecule has 1 aromatic rings. The molecule has 0 radical (unpaired) electrons. The second-order valence-corrected chi connectivity index (χ2v) is 2.86. The fraction of sp³-hybridized carbons (Fsp3) is 0.143. The van der Waals surface area contributed by atoms with Gasteiger partial charge in [-0.2, -0.15) is 0 Å². The summed E-state index contributed by atoms with van der Waals surface area (Å²) in [6.07, 6.45) is 0.952. The lowest BCUT2D eigenvalue weighted by molar-refractivity contribution is 0.0689. The first kappa shape index (κ1) is 6.31. The van der Waals surface area contributed by atoms with Gasteiger partial charge < -0.3 is 9.84 Å². The predicted molar refractivity (Wildman–Crippen MR) is 45.4 cm³/mol. The Hall–Kier alpha value is -1.17. The number of rotatable bonds is 2. The van der Waals surface area contributed by atoms with E-state index in [9.17, 15) is 9.18 Å². The Labute approximate surface area is 85.7 Å². The maximum Gasteiger partial charge on any atom is 0.340 e. The van der Waals surface area contributed by atoms with Gasteiger partial charge in [0.15, 0.2) is 0 Å². The summed E-state index contributed by atoms with van der Waals surface area (Å²) in [6, 6.07) is 0. The highest BCUT2D eigenvalue weighted by molar-refractivity contribution is 9.10. The highest BCUT2D eigenvalue weighted by Gasteiger charge is 2.19. The van der Waals surface area contributed by atoms with Gasteiger partial charge in [-0.3, -0.25) is 0 Å². The zero-order chi connectivity index (χ0) is 12.5. The summed E-state index contributed by atoms with van der Waals surface area (Å²) in [5.41, 5.74) is -0.728. The van der Waals surface area contributed by atoms with Crippen molar-refractivity contribution >= 4 is 21.9 Å². The van der Waals surface area contributed by atoms with Crippen LogP contribution >= 0.6 is 15.9 Å². The maximum absolute atomic E-state index is 13.5. The number of ether oxygens (including phenoxy) is 1. The fourth-order valence-electron chi connectivity index (χ4n) is 0.715. The Morgan fingerprint density at radius 1 is 1.92 bits per heavy atom. The van der Waals surface area contributed by atoms with Gasteiger partial charge in [0.05, 0.1) is 15.6 Å². The molecule has 0 bridgehead atoms. The van der Waals surface area contributed by atoms with Crippen LogP contribution < -0.4 is 4.74 Å². The minimum Gasteiger partial charge on any atom is -0.479 e. The molecule has 0 aromatic carbocycles. The molecular formula is C7H5BrFNO3. The Morgan fingerprint density at radius 2 is 2.62 bits per heavy atom. The number of aromatic carboxylic acids is 1. The van der Waals surface area contributed by atoms with Crippen molar-refractivity contribution in [2.45, 2.75) is 0 Å². The monoisotopic (exact) mass is 252 g/mol. The first-order valence-electron chi connectivity index (χ1n) is 4.48. The number of carboxylic acids is 1. The van der Waals surface area contributed by atoms with Crippen molar-refractivity contribution in [1.82, 2.24) is 4.98 Å². The van der Waals surface area contributed by atoms with Gasteiger partial charge >= 0.3 is 5.97 Å². The van der Waals surface area contributed by atoms with Crippen molar-refractivity contribution in [2.75, 3.05) is 7.04 Å². The number of nitrogens with zero attached hydrogens (tertiary/aromatic N) is 1. The molecule has 70 valence electrons. The van der Waals surface area contributed by atoms with E-state index in [1.165, 1.54) is 0 Å². The summed E-state index contributed by atoms with van der Waals surface area (Å²) < 4.78 is 37.8. The van der Waals surface area contributed by atoms with Crippen molar-refractivity contribution in [3.8, 4) is 5.88 Å². The molecule has 4 nitrogen and oxygen atoms in total. The van der Waals surface area contributed by atoms with Crippen LogP contribution in [0.2, 0.25) is 0 Å². The van der Waals surface area contributed by atoms with E-state index in [2.05, 4.69) is 25.7 Å². The molecule has 1 aromatic heterocycles. The van der Waals surface area contributed by atoms with E-state index in [1.54, 1.807) is 0 Å². The van der Waals surface area contributed by atoms with Crippen molar-refractivity contribution in [3.05, 3.63) is 22.1 Å². The molecule has 0 aliphatic heterocycles. The van der Waals surface area contributed by atoms with Crippen LogP contribution in [0.3, 0.4) is 0 Å². The number of hydrogen-bond donors (Lipinski definition) is 1. The summed E-state index contributed by atoms with van der Waals surface area (Å²) in [5.74, 6) is -3.76. The van der Waals surface area contributed by atoms with Crippen LogP contribution in [0.15, 0.2) is 10.7 Å². The number of halogens is 2. The molecule has 0 amide bonds. The van der Waals surface area contributed by atoms with E-state index in [1.807, 2.05) is 0 Å². The zero-order valence-electron chi connectivity index (χ0n) is 9.04. The normalized spacial score (nSPS) is 14.2. The van der Waals surface area contributed by atoms with Gasteiger partial charge in [-0.05, 0) is 15.9 Å². The fourth-order valence-corrected chi connectivity index (χ4v) is 1.16. The Kier molecular flexibility index (Phi) is 1.79. The van der Waals surface area contributed by atoms with Crippen LogP contribution in [0.1, 0.15) is 14.5 Å². The van der Waals surface area contributed by atoms with Gasteiger partial charge in [-0.15, -0.1) is 0 Å². The molecule has 1 N–H and O–H groups in total. The van der Waals surface area contributed by atoms with Crippen LogP contribution in [-0.2, 0) is 0 Å². The Bertz CT molecular complexity index is 438. The van der Waals surface area contributed by atoms with Crippen LogP contribution in [-0.4, -0.2) is 23.1 Å². The number of carboxylic acid groups (broad SMARTS) is 1. The molecule has 0 atom stereocenters. The summed E-state index contributed by atoms with van der Waals surface area (Å²) in [7, 11) is -2.89. The number of hydrogen-bond acceptors (Lipinski definition) is 3. The third kappa shape index (κ3) is 1.77. The second kappa shape index (κ2) is 3.69. The molecule has 0 spiro atoms. The Morgan fingerprint density at radius 3 is 3.15 bits per heavy atom. The van der Waals surface area contributed by atoms with Crippen molar-refractivity contribution < 1.29 is 23.1 Å². The van der Waals surface area contributed by atoms with E-state index >= 15 is 0 Å². The lowest BCUT2D eigenvalue weighted by Crippen LogP contribution is -2.05. The van der Waals surface area contributed by atoms with Crippen LogP contribution in [0.25, 0.3) is 0 Å². The predicted octanol–water partition coefficient (Wildman–Crippen LogP) is 1.69. The van der Waals surface area contributed by atoms with Crippen LogP contribution in [0.5, 0.6) is 5.88 Å². The van der Waals surface area contributed by atoms with E-state index in [4.69, 9.17) is 9.22 Å². The lowest BCUT2D eigenvalue weighted by atomic mass is 10.2. The molecule has 0 unspecified atom stereocenters. The minimum absolute atomic E-state index is 0.101. The minimum atomic E-state index is -2.89. The summed E-state index contributed by atoms with van der Waals surface area (Å²) in [4.78, 5) is 14.0. The third-order valence-corrected chi connectivity index (χ3v) is 1.85. The molecule has 1 heterocycles. The molecule has 1 rings (SSSR count). The van der Waals surface area contributed by atoms with Gasteiger partial charge in [0.2, 0.25) is 5.82 Å². The van der Waals surface area contributed by atoms with Gasteiger partial charge in [0, 0.05) is 6.20 Å². The molecule has 6 heteroatoms. The largest absolute Gasteiger partial charge is 0.479 e. The number of pyridine rings is 1. The van der Waals surface area contributed by atoms with Crippen LogP contribution in [0, 0.1) is 5.82 Å². The first-order chi connectivity index (χ1) is 7.22.